The number of rotatable bonds is 3. The minimum Gasteiger partial charge on any atom is -0.467 e. The number of carbonyl (C=O) groups is 1. The van der Waals surface area contributed by atoms with Crippen LogP contribution >= 0.6 is 11.3 Å². The Bertz CT molecular complexity index is 579. The highest BCUT2D eigenvalue weighted by Crippen LogP contribution is 2.33. The molecule has 1 aliphatic rings. The lowest BCUT2D eigenvalue weighted by atomic mass is 10.0. The number of aromatic nitrogens is 1. The van der Waals surface area contributed by atoms with Crippen LogP contribution in [-0.2, 0) is 6.54 Å². The molecule has 0 saturated carbocycles. The highest BCUT2D eigenvalue weighted by molar-refractivity contribution is 7.09. The number of amides is 1. The van der Waals surface area contributed by atoms with Gasteiger partial charge in [-0.2, -0.15) is 0 Å². The number of hydrogen-bond acceptors (Lipinski definition) is 5. The van der Waals surface area contributed by atoms with E-state index in [4.69, 9.17) is 10.2 Å². The lowest BCUT2D eigenvalue weighted by molar-refractivity contribution is 0.0610. The number of hydrogen-bond donors (Lipinski definition) is 1. The summed E-state index contributed by atoms with van der Waals surface area (Å²) in [4.78, 5) is 18.9. The number of piperidine rings is 1. The molecule has 1 aliphatic heterocycles. The number of furan rings is 1. The zero-order chi connectivity index (χ0) is 13.9. The van der Waals surface area contributed by atoms with E-state index in [2.05, 4.69) is 4.98 Å². The van der Waals surface area contributed by atoms with Gasteiger partial charge in [0.2, 0.25) is 0 Å². The number of nitrogens with zero attached hydrogens (tertiary/aromatic N) is 2. The van der Waals surface area contributed by atoms with E-state index in [0.29, 0.717) is 17.9 Å². The molecule has 0 spiro atoms. The number of carbonyl (C=O) groups excluding carboxylic acids is 1. The van der Waals surface area contributed by atoms with Crippen LogP contribution in [0, 0.1) is 0 Å². The summed E-state index contributed by atoms with van der Waals surface area (Å²) >= 11 is 1.61. The molecule has 1 saturated heterocycles. The highest BCUT2D eigenvalue weighted by Gasteiger charge is 2.30. The van der Waals surface area contributed by atoms with Gasteiger partial charge in [0.25, 0.3) is 5.91 Å². The van der Waals surface area contributed by atoms with Gasteiger partial charge in [0, 0.05) is 18.1 Å². The summed E-state index contributed by atoms with van der Waals surface area (Å²) in [5.41, 5.74) is 6.10. The Morgan fingerprint density at radius 1 is 1.55 bits per heavy atom. The van der Waals surface area contributed by atoms with Crippen molar-refractivity contribution in [3.63, 3.8) is 0 Å². The molecule has 0 radical (unpaired) electrons. The van der Waals surface area contributed by atoms with E-state index < -0.39 is 0 Å². The lowest BCUT2D eigenvalue weighted by Crippen LogP contribution is -2.38. The van der Waals surface area contributed by atoms with Crippen LogP contribution in [0.2, 0.25) is 0 Å². The van der Waals surface area contributed by atoms with E-state index in [9.17, 15) is 4.79 Å². The van der Waals surface area contributed by atoms with E-state index in [1.807, 2.05) is 10.3 Å². The van der Waals surface area contributed by atoms with Crippen LogP contribution in [0.5, 0.6) is 0 Å². The first-order chi connectivity index (χ1) is 9.79. The number of thiazole rings is 1. The topological polar surface area (TPSA) is 72.4 Å². The fourth-order valence-electron chi connectivity index (χ4n) is 2.60. The Balaban J connectivity index is 1.84. The highest BCUT2D eigenvalue weighted by atomic mass is 32.1. The maximum Gasteiger partial charge on any atom is 0.257 e. The van der Waals surface area contributed by atoms with Gasteiger partial charge in [-0.15, -0.1) is 11.3 Å². The van der Waals surface area contributed by atoms with Crippen molar-refractivity contribution < 1.29 is 9.21 Å². The third-order valence-electron chi connectivity index (χ3n) is 3.60. The molecular formula is C14H17N3O2S. The molecule has 2 aromatic rings. The molecule has 3 rings (SSSR count). The molecule has 106 valence electrons. The monoisotopic (exact) mass is 291 g/mol. The SMILES string of the molecule is NCc1cc(C(=O)N2CCCCC2c2nccs2)co1. The van der Waals surface area contributed by atoms with Gasteiger partial charge >= 0.3 is 0 Å². The molecule has 20 heavy (non-hydrogen) atoms. The summed E-state index contributed by atoms with van der Waals surface area (Å²) in [5.74, 6) is 0.643. The molecule has 1 amide bonds. The summed E-state index contributed by atoms with van der Waals surface area (Å²) in [6.07, 6.45) is 6.43. The molecule has 2 N–H and O–H groups in total. The van der Waals surface area contributed by atoms with E-state index in [1.54, 1.807) is 23.6 Å². The maximum absolute atomic E-state index is 12.6. The molecule has 3 heterocycles. The molecule has 6 heteroatoms. The molecule has 5 nitrogen and oxygen atoms in total. The Morgan fingerprint density at radius 2 is 2.45 bits per heavy atom. The molecule has 0 aromatic carbocycles. The Hall–Kier alpha value is -1.66. The largest absolute Gasteiger partial charge is 0.467 e. The van der Waals surface area contributed by atoms with E-state index >= 15 is 0 Å². The van der Waals surface area contributed by atoms with Crippen LogP contribution in [0.4, 0.5) is 0 Å². The van der Waals surface area contributed by atoms with Gasteiger partial charge in [0.1, 0.15) is 17.0 Å². The van der Waals surface area contributed by atoms with Crippen molar-refractivity contribution >= 4 is 17.2 Å². The molecule has 0 aliphatic carbocycles. The third kappa shape index (κ3) is 2.48. The van der Waals surface area contributed by atoms with Gasteiger partial charge in [-0.25, -0.2) is 4.98 Å². The summed E-state index contributed by atoms with van der Waals surface area (Å²) in [5, 5.41) is 2.97. The average molecular weight is 291 g/mol. The van der Waals surface area contributed by atoms with Gasteiger partial charge < -0.3 is 15.1 Å². The van der Waals surface area contributed by atoms with Crippen LogP contribution in [0.1, 0.15) is 46.4 Å². The zero-order valence-electron chi connectivity index (χ0n) is 11.1. The minimum atomic E-state index is 0.00773. The fourth-order valence-corrected chi connectivity index (χ4v) is 3.38. The summed E-state index contributed by atoms with van der Waals surface area (Å²) in [6.45, 7) is 1.08. The van der Waals surface area contributed by atoms with Gasteiger partial charge in [0.15, 0.2) is 0 Å². The predicted octanol–water partition coefficient (Wildman–Crippen LogP) is 2.56. The van der Waals surface area contributed by atoms with Crippen LogP contribution in [0.3, 0.4) is 0 Å². The summed E-state index contributed by atoms with van der Waals surface area (Å²) in [6, 6.07) is 1.82. The fraction of sp³-hybridized carbons (Fsp3) is 0.429. The van der Waals surface area contributed by atoms with E-state index in [0.717, 1.165) is 30.8 Å². The molecule has 1 atom stereocenters. The van der Waals surface area contributed by atoms with E-state index in [1.165, 1.54) is 6.26 Å². The first kappa shape index (κ1) is 13.3. The first-order valence-corrected chi connectivity index (χ1v) is 7.65. The number of nitrogens with two attached hydrogens (primary N) is 1. The number of likely N-dealkylation sites (tertiary alicyclic amines) is 1. The van der Waals surface area contributed by atoms with Crippen LogP contribution in [0.25, 0.3) is 0 Å². The standard InChI is InChI=1S/C14H17N3O2S/c15-8-11-7-10(9-19-11)14(18)17-5-2-1-3-12(17)13-16-4-6-20-13/h4,6-7,9,12H,1-3,5,8,15H2. The zero-order valence-corrected chi connectivity index (χ0v) is 11.9. The lowest BCUT2D eigenvalue weighted by Gasteiger charge is -2.34. The normalized spacial score (nSPS) is 19.2. The molecular weight excluding hydrogens is 274 g/mol. The van der Waals surface area contributed by atoms with Gasteiger partial charge in [-0.3, -0.25) is 4.79 Å². The quantitative estimate of drug-likeness (QED) is 0.943. The molecule has 1 unspecified atom stereocenters. The average Bonchev–Trinajstić information content (AvgIpc) is 3.17. The van der Waals surface area contributed by atoms with Crippen LogP contribution < -0.4 is 5.73 Å². The van der Waals surface area contributed by atoms with Crippen molar-refractivity contribution in [1.29, 1.82) is 0 Å². The van der Waals surface area contributed by atoms with Crippen molar-refractivity contribution in [1.82, 2.24) is 9.88 Å². The molecule has 1 fully saturated rings. The van der Waals surface area contributed by atoms with Crippen molar-refractivity contribution in [3.05, 3.63) is 40.2 Å². The minimum absolute atomic E-state index is 0.00773. The van der Waals surface area contributed by atoms with E-state index in [-0.39, 0.29) is 11.9 Å². The molecule has 0 bridgehead atoms. The van der Waals surface area contributed by atoms with Crippen molar-refractivity contribution in [2.24, 2.45) is 5.73 Å². The van der Waals surface area contributed by atoms with Crippen LogP contribution in [0.15, 0.2) is 28.3 Å². The summed E-state index contributed by atoms with van der Waals surface area (Å²) in [7, 11) is 0. The van der Waals surface area contributed by atoms with Gasteiger partial charge in [0.05, 0.1) is 18.2 Å². The smallest absolute Gasteiger partial charge is 0.257 e. The maximum atomic E-state index is 12.6. The summed E-state index contributed by atoms with van der Waals surface area (Å²) < 4.78 is 5.27. The Morgan fingerprint density at radius 3 is 3.15 bits per heavy atom. The second-order valence-electron chi connectivity index (χ2n) is 4.89. The molecule has 2 aromatic heterocycles. The first-order valence-electron chi connectivity index (χ1n) is 6.77. The second kappa shape index (κ2) is 5.76. The predicted molar refractivity (Wildman–Crippen MR) is 76.3 cm³/mol. The second-order valence-corrected chi connectivity index (χ2v) is 5.81. The van der Waals surface area contributed by atoms with Crippen molar-refractivity contribution in [2.45, 2.75) is 31.8 Å². The Kier molecular flexibility index (Phi) is 3.84. The van der Waals surface area contributed by atoms with Gasteiger partial charge in [-0.05, 0) is 25.3 Å². The van der Waals surface area contributed by atoms with Crippen molar-refractivity contribution in [2.75, 3.05) is 6.54 Å². The Labute approximate surface area is 121 Å². The van der Waals surface area contributed by atoms with Crippen LogP contribution in [-0.4, -0.2) is 22.3 Å². The third-order valence-corrected chi connectivity index (χ3v) is 4.48. The van der Waals surface area contributed by atoms with Crippen molar-refractivity contribution in [3.8, 4) is 0 Å². The van der Waals surface area contributed by atoms with Gasteiger partial charge in [-0.1, -0.05) is 0 Å².